The van der Waals surface area contributed by atoms with Gasteiger partial charge in [0.25, 0.3) is 0 Å². The van der Waals surface area contributed by atoms with Gasteiger partial charge in [-0.05, 0) is 12.8 Å². The molecule has 1 unspecified atom stereocenters. The number of unbranched alkanes of at least 4 members (excludes halogenated alkanes) is 1. The van der Waals surface area contributed by atoms with E-state index < -0.39 is 5.97 Å². The molecule has 0 aromatic heterocycles. The first-order valence-electron chi connectivity index (χ1n) is 4.45. The molecule has 0 fully saturated rings. The Labute approximate surface area is 86.9 Å². The number of hydrogen-bond acceptors (Lipinski definition) is 1. The number of aliphatic carboxylic acids is 1. The quantitative estimate of drug-likeness (QED) is 0.613. The zero-order valence-electron chi connectivity index (χ0n) is 7.47. The number of carboxylic acids is 1. The van der Waals surface area contributed by atoms with Crippen LogP contribution >= 0.6 is 0 Å². The van der Waals surface area contributed by atoms with Crippen LogP contribution in [0.3, 0.4) is 0 Å². The normalized spacial score (nSPS) is 11.8. The molecule has 0 saturated carbocycles. The van der Waals surface area contributed by atoms with E-state index in [4.69, 9.17) is 5.11 Å². The van der Waals surface area contributed by atoms with Crippen molar-refractivity contribution in [2.24, 2.45) is 5.92 Å². The van der Waals surface area contributed by atoms with Crippen molar-refractivity contribution in [3.8, 4) is 0 Å². The van der Waals surface area contributed by atoms with Crippen molar-refractivity contribution in [2.45, 2.75) is 46.0 Å². The van der Waals surface area contributed by atoms with Gasteiger partial charge in [-0.15, -0.1) is 0 Å². The maximum absolute atomic E-state index is 10.6. The van der Waals surface area contributed by atoms with E-state index in [1.165, 1.54) is 0 Å². The molecule has 0 amide bonds. The molecule has 1 atom stereocenters. The third-order valence-electron chi connectivity index (χ3n) is 1.89. The number of carbonyl (C=O) groups is 1. The van der Waals surface area contributed by atoms with Crippen molar-refractivity contribution in [1.29, 1.82) is 0 Å². The fourth-order valence-corrected chi connectivity index (χ4v) is 1.19. The molecule has 0 aliphatic heterocycles. The summed E-state index contributed by atoms with van der Waals surface area (Å²) in [5, 5.41) is 8.73. The first kappa shape index (κ1) is 14.6. The Bertz CT molecular complexity index is 115. The van der Waals surface area contributed by atoms with Crippen molar-refractivity contribution in [1.82, 2.24) is 0 Å². The standard InChI is InChI=1S/C9H18O2.Li.H/c1-3-5-7-8(6-4-2)9(10)11;;/h8H,3-7H2,1-2H3,(H,10,11);;. The molecule has 0 bridgehead atoms. The van der Waals surface area contributed by atoms with Gasteiger partial charge in [-0.1, -0.05) is 33.1 Å². The molecule has 1 N–H and O–H groups in total. The first-order valence-corrected chi connectivity index (χ1v) is 4.45. The first-order chi connectivity index (χ1) is 5.22. The van der Waals surface area contributed by atoms with E-state index >= 15 is 0 Å². The Hall–Kier alpha value is 0.0674. The minimum absolute atomic E-state index is 0. The fourth-order valence-electron chi connectivity index (χ4n) is 1.19. The van der Waals surface area contributed by atoms with Gasteiger partial charge in [-0.25, -0.2) is 0 Å². The van der Waals surface area contributed by atoms with Crippen LogP contribution in [0.4, 0.5) is 0 Å². The van der Waals surface area contributed by atoms with Crippen LogP contribution in [0.1, 0.15) is 46.0 Å². The van der Waals surface area contributed by atoms with E-state index in [-0.39, 0.29) is 24.8 Å². The van der Waals surface area contributed by atoms with Crippen molar-refractivity contribution < 1.29 is 9.90 Å². The van der Waals surface area contributed by atoms with Gasteiger partial charge >= 0.3 is 24.8 Å². The maximum atomic E-state index is 10.6. The molecule has 0 spiro atoms. The molecule has 12 heavy (non-hydrogen) atoms. The summed E-state index contributed by atoms with van der Waals surface area (Å²) in [6, 6.07) is 0. The summed E-state index contributed by atoms with van der Waals surface area (Å²) in [5.41, 5.74) is 0. The van der Waals surface area contributed by atoms with Gasteiger partial charge in [0.2, 0.25) is 0 Å². The predicted molar refractivity (Wildman–Crippen MR) is 52.7 cm³/mol. The molecule has 0 aliphatic carbocycles. The van der Waals surface area contributed by atoms with Crippen LogP contribution in [-0.2, 0) is 4.79 Å². The van der Waals surface area contributed by atoms with E-state index in [2.05, 4.69) is 6.92 Å². The molecule has 0 aromatic carbocycles. The second-order valence-electron chi connectivity index (χ2n) is 2.97. The number of hydrogen-bond donors (Lipinski definition) is 1. The van der Waals surface area contributed by atoms with Crippen LogP contribution in [0, 0.1) is 5.92 Å². The van der Waals surface area contributed by atoms with Gasteiger partial charge in [0.05, 0.1) is 5.92 Å². The summed E-state index contributed by atoms with van der Waals surface area (Å²) in [4.78, 5) is 10.6. The Kier molecular flexibility index (Phi) is 11.1. The van der Waals surface area contributed by atoms with E-state index in [0.717, 1.165) is 32.1 Å². The van der Waals surface area contributed by atoms with Crippen LogP contribution < -0.4 is 0 Å². The molecule has 0 rings (SSSR count). The van der Waals surface area contributed by atoms with Crippen LogP contribution in [0.2, 0.25) is 0 Å². The Morgan fingerprint density at radius 1 is 1.25 bits per heavy atom. The zero-order chi connectivity index (χ0) is 8.69. The van der Waals surface area contributed by atoms with Crippen LogP contribution in [-0.4, -0.2) is 29.9 Å². The molecule has 2 nitrogen and oxygen atoms in total. The molecule has 68 valence electrons. The van der Waals surface area contributed by atoms with Crippen LogP contribution in [0.15, 0.2) is 0 Å². The predicted octanol–water partition coefficient (Wildman–Crippen LogP) is 2.03. The second kappa shape index (κ2) is 9.16. The molecular weight excluding hydrogens is 147 g/mol. The van der Waals surface area contributed by atoms with Crippen LogP contribution in [0.25, 0.3) is 0 Å². The minimum atomic E-state index is -0.625. The van der Waals surface area contributed by atoms with Gasteiger partial charge in [0.15, 0.2) is 0 Å². The van der Waals surface area contributed by atoms with Gasteiger partial charge in [0.1, 0.15) is 0 Å². The van der Waals surface area contributed by atoms with Gasteiger partial charge in [-0.3, -0.25) is 4.79 Å². The Morgan fingerprint density at radius 3 is 2.17 bits per heavy atom. The summed E-state index contributed by atoms with van der Waals surface area (Å²) in [5.74, 6) is -0.722. The Morgan fingerprint density at radius 2 is 1.83 bits per heavy atom. The summed E-state index contributed by atoms with van der Waals surface area (Å²) >= 11 is 0. The molecule has 0 aromatic rings. The van der Waals surface area contributed by atoms with Crippen LogP contribution in [0.5, 0.6) is 0 Å². The van der Waals surface area contributed by atoms with Crippen molar-refractivity contribution in [2.75, 3.05) is 0 Å². The Balaban J connectivity index is 0. The third kappa shape index (κ3) is 6.76. The third-order valence-corrected chi connectivity index (χ3v) is 1.89. The van der Waals surface area contributed by atoms with Gasteiger partial charge < -0.3 is 5.11 Å². The van der Waals surface area contributed by atoms with E-state index in [9.17, 15) is 4.79 Å². The van der Waals surface area contributed by atoms with E-state index in [1.54, 1.807) is 0 Å². The second-order valence-corrected chi connectivity index (χ2v) is 2.97. The van der Waals surface area contributed by atoms with Gasteiger partial charge in [0, 0.05) is 0 Å². The molecule has 0 aliphatic rings. The topological polar surface area (TPSA) is 37.3 Å². The molecule has 0 radical (unpaired) electrons. The summed E-state index contributed by atoms with van der Waals surface area (Å²) in [7, 11) is 0. The van der Waals surface area contributed by atoms with E-state index in [0.29, 0.717) is 0 Å². The van der Waals surface area contributed by atoms with Gasteiger partial charge in [-0.2, -0.15) is 0 Å². The number of rotatable bonds is 6. The average Bonchev–Trinajstić information content (AvgIpc) is 1.97. The van der Waals surface area contributed by atoms with Crippen molar-refractivity contribution >= 4 is 24.8 Å². The zero-order valence-corrected chi connectivity index (χ0v) is 7.47. The molecule has 0 saturated heterocycles. The summed E-state index contributed by atoms with van der Waals surface area (Å²) in [6.45, 7) is 4.12. The average molecular weight is 166 g/mol. The molecule has 3 heteroatoms. The number of carboxylic acid groups (broad SMARTS) is 1. The van der Waals surface area contributed by atoms with Crippen molar-refractivity contribution in [3.05, 3.63) is 0 Å². The molecule has 0 heterocycles. The fraction of sp³-hybridized carbons (Fsp3) is 0.889. The van der Waals surface area contributed by atoms with Crippen molar-refractivity contribution in [3.63, 3.8) is 0 Å². The summed E-state index contributed by atoms with van der Waals surface area (Å²) < 4.78 is 0. The summed E-state index contributed by atoms with van der Waals surface area (Å²) in [6.07, 6.45) is 4.78. The monoisotopic (exact) mass is 166 g/mol. The SMILES string of the molecule is CCCCC(CCC)C(=O)O.[LiH]. The van der Waals surface area contributed by atoms with E-state index in [1.807, 2.05) is 6.92 Å². The molecular formula is C9H19LiO2.